The summed E-state index contributed by atoms with van der Waals surface area (Å²) >= 11 is 1.56. The first-order valence-corrected chi connectivity index (χ1v) is 7.83. The van der Waals surface area contributed by atoms with Crippen LogP contribution in [0.25, 0.3) is 10.1 Å². The van der Waals surface area contributed by atoms with Crippen molar-refractivity contribution < 1.29 is 4.79 Å². The van der Waals surface area contributed by atoms with Crippen molar-refractivity contribution in [3.63, 3.8) is 0 Å². The van der Waals surface area contributed by atoms with Gasteiger partial charge in [-0.2, -0.15) is 0 Å². The fourth-order valence-corrected chi connectivity index (χ4v) is 3.55. The number of pyridine rings is 1. The molecule has 3 nitrogen and oxygen atoms in total. The number of rotatable bonds is 4. The van der Waals surface area contributed by atoms with Crippen LogP contribution >= 0.6 is 11.3 Å². The van der Waals surface area contributed by atoms with E-state index in [1.807, 2.05) is 24.3 Å². The van der Waals surface area contributed by atoms with Crippen molar-refractivity contribution in [1.82, 2.24) is 4.98 Å². The van der Waals surface area contributed by atoms with Gasteiger partial charge in [-0.15, -0.1) is 11.3 Å². The van der Waals surface area contributed by atoms with Gasteiger partial charge in [-0.25, -0.2) is 0 Å². The zero-order valence-corrected chi connectivity index (χ0v) is 12.6. The Morgan fingerprint density at radius 2 is 2.10 bits per heavy atom. The van der Waals surface area contributed by atoms with Gasteiger partial charge in [-0.05, 0) is 35.6 Å². The monoisotopic (exact) mass is 296 g/mol. The molecule has 3 rings (SSSR count). The number of benzene rings is 1. The van der Waals surface area contributed by atoms with E-state index in [1.54, 1.807) is 23.7 Å². The van der Waals surface area contributed by atoms with Crippen molar-refractivity contribution in [2.24, 2.45) is 0 Å². The van der Waals surface area contributed by atoms with E-state index in [9.17, 15) is 4.79 Å². The Hall–Kier alpha value is -2.20. The summed E-state index contributed by atoms with van der Waals surface area (Å²) < 4.78 is 1.16. The molecular formula is C17H16N2OS. The zero-order valence-electron chi connectivity index (χ0n) is 11.8. The van der Waals surface area contributed by atoms with Crippen LogP contribution in [-0.2, 0) is 6.42 Å². The summed E-state index contributed by atoms with van der Waals surface area (Å²) in [4.78, 5) is 17.4. The number of anilines is 1. The number of thiophene rings is 1. The van der Waals surface area contributed by atoms with Crippen LogP contribution in [0.5, 0.6) is 0 Å². The quantitative estimate of drug-likeness (QED) is 0.770. The lowest BCUT2D eigenvalue weighted by Crippen LogP contribution is -2.12. The van der Waals surface area contributed by atoms with Crippen molar-refractivity contribution in [1.29, 1.82) is 0 Å². The van der Waals surface area contributed by atoms with Gasteiger partial charge in [0, 0.05) is 10.9 Å². The molecule has 21 heavy (non-hydrogen) atoms. The predicted octanol–water partition coefficient (Wildman–Crippen LogP) is 4.50. The predicted molar refractivity (Wildman–Crippen MR) is 88.0 cm³/mol. The molecule has 0 saturated heterocycles. The lowest BCUT2D eigenvalue weighted by atomic mass is 10.1. The van der Waals surface area contributed by atoms with Gasteiger partial charge in [-0.3, -0.25) is 9.78 Å². The fraction of sp³-hybridized carbons (Fsp3) is 0.176. The number of aryl methyl sites for hydroxylation is 1. The first kappa shape index (κ1) is 13.8. The molecule has 0 atom stereocenters. The third kappa shape index (κ3) is 2.81. The Bertz CT molecular complexity index is 765. The maximum Gasteiger partial charge on any atom is 0.266 e. The van der Waals surface area contributed by atoms with Crippen LogP contribution in [0.2, 0.25) is 0 Å². The Morgan fingerprint density at radius 3 is 2.86 bits per heavy atom. The SMILES string of the molecule is CCCc1c(C(=O)Nc2cccnc2)sc2ccccc12. The van der Waals surface area contributed by atoms with Crippen LogP contribution in [0.15, 0.2) is 48.8 Å². The highest BCUT2D eigenvalue weighted by molar-refractivity contribution is 7.21. The molecule has 0 bridgehead atoms. The maximum atomic E-state index is 12.6. The van der Waals surface area contributed by atoms with E-state index in [0.717, 1.165) is 33.7 Å². The summed E-state index contributed by atoms with van der Waals surface area (Å²) in [5, 5.41) is 4.12. The molecule has 0 radical (unpaired) electrons. The third-order valence-corrected chi connectivity index (χ3v) is 4.54. The minimum absolute atomic E-state index is 0.0485. The van der Waals surface area contributed by atoms with Crippen molar-refractivity contribution in [2.75, 3.05) is 5.32 Å². The van der Waals surface area contributed by atoms with Gasteiger partial charge in [0.25, 0.3) is 5.91 Å². The summed E-state index contributed by atoms with van der Waals surface area (Å²) in [5.74, 6) is -0.0485. The lowest BCUT2D eigenvalue weighted by molar-refractivity contribution is 0.103. The number of amides is 1. The van der Waals surface area contributed by atoms with Gasteiger partial charge in [-0.1, -0.05) is 31.5 Å². The molecule has 4 heteroatoms. The summed E-state index contributed by atoms with van der Waals surface area (Å²) in [6.07, 6.45) is 5.29. The fourth-order valence-electron chi connectivity index (χ4n) is 2.40. The Kier molecular flexibility index (Phi) is 3.97. The highest BCUT2D eigenvalue weighted by atomic mass is 32.1. The van der Waals surface area contributed by atoms with Crippen LogP contribution in [0, 0.1) is 0 Å². The standard InChI is InChI=1S/C17H16N2OS/c1-2-6-14-13-8-3-4-9-15(13)21-16(14)17(20)19-12-7-5-10-18-11-12/h3-5,7-11H,2,6H2,1H3,(H,19,20). The second-order valence-corrected chi connectivity index (χ2v) is 5.90. The molecule has 0 saturated carbocycles. The normalized spacial score (nSPS) is 10.7. The smallest absolute Gasteiger partial charge is 0.266 e. The molecule has 1 N–H and O–H groups in total. The van der Waals surface area contributed by atoms with Gasteiger partial charge in [0.15, 0.2) is 0 Å². The Morgan fingerprint density at radius 1 is 1.24 bits per heavy atom. The zero-order chi connectivity index (χ0) is 14.7. The summed E-state index contributed by atoms with van der Waals surface area (Å²) in [6.45, 7) is 2.13. The Labute approximate surface area is 127 Å². The summed E-state index contributed by atoms with van der Waals surface area (Å²) in [7, 11) is 0. The van der Waals surface area contributed by atoms with Crippen molar-refractivity contribution in [3.05, 3.63) is 59.2 Å². The van der Waals surface area contributed by atoms with Crippen LogP contribution in [0.3, 0.4) is 0 Å². The van der Waals surface area contributed by atoms with Crippen LogP contribution in [0.1, 0.15) is 28.6 Å². The first-order chi connectivity index (χ1) is 10.3. The number of nitrogens with zero attached hydrogens (tertiary/aromatic N) is 1. The molecule has 106 valence electrons. The number of hydrogen-bond donors (Lipinski definition) is 1. The first-order valence-electron chi connectivity index (χ1n) is 7.01. The third-order valence-electron chi connectivity index (χ3n) is 3.32. The number of aromatic nitrogens is 1. The number of carbonyl (C=O) groups excluding carboxylic acids is 1. The van der Waals surface area contributed by atoms with Gasteiger partial charge in [0.2, 0.25) is 0 Å². The van der Waals surface area contributed by atoms with Crippen molar-refractivity contribution in [2.45, 2.75) is 19.8 Å². The summed E-state index contributed by atoms with van der Waals surface area (Å²) in [5.41, 5.74) is 1.88. The average Bonchev–Trinajstić information content (AvgIpc) is 2.88. The molecule has 2 aromatic heterocycles. The largest absolute Gasteiger partial charge is 0.320 e. The summed E-state index contributed by atoms with van der Waals surface area (Å²) in [6, 6.07) is 11.9. The molecule has 0 fully saturated rings. The second kappa shape index (κ2) is 6.06. The molecule has 3 aromatic rings. The van der Waals surface area contributed by atoms with E-state index in [-0.39, 0.29) is 5.91 Å². The molecule has 0 aliphatic rings. The lowest BCUT2D eigenvalue weighted by Gasteiger charge is -2.05. The van der Waals surface area contributed by atoms with E-state index in [2.05, 4.69) is 29.4 Å². The van der Waals surface area contributed by atoms with Crippen LogP contribution in [0.4, 0.5) is 5.69 Å². The molecule has 1 amide bonds. The number of nitrogens with one attached hydrogen (secondary N) is 1. The highest BCUT2D eigenvalue weighted by Crippen LogP contribution is 2.32. The van der Waals surface area contributed by atoms with E-state index >= 15 is 0 Å². The van der Waals surface area contributed by atoms with Gasteiger partial charge in [0.05, 0.1) is 16.8 Å². The van der Waals surface area contributed by atoms with Crippen LogP contribution < -0.4 is 5.32 Å². The number of hydrogen-bond acceptors (Lipinski definition) is 3. The minimum atomic E-state index is -0.0485. The highest BCUT2D eigenvalue weighted by Gasteiger charge is 2.17. The average molecular weight is 296 g/mol. The molecule has 0 unspecified atom stereocenters. The molecule has 0 spiro atoms. The van der Waals surface area contributed by atoms with E-state index in [4.69, 9.17) is 0 Å². The molecule has 0 aliphatic heterocycles. The van der Waals surface area contributed by atoms with Crippen molar-refractivity contribution >= 4 is 33.0 Å². The minimum Gasteiger partial charge on any atom is -0.320 e. The molecule has 1 aromatic carbocycles. The van der Waals surface area contributed by atoms with Gasteiger partial charge < -0.3 is 5.32 Å². The topological polar surface area (TPSA) is 42.0 Å². The van der Waals surface area contributed by atoms with Gasteiger partial charge >= 0.3 is 0 Å². The number of fused-ring (bicyclic) bond motifs is 1. The second-order valence-electron chi connectivity index (χ2n) is 4.85. The van der Waals surface area contributed by atoms with E-state index in [1.165, 1.54) is 5.39 Å². The van der Waals surface area contributed by atoms with Crippen LogP contribution in [-0.4, -0.2) is 10.9 Å². The van der Waals surface area contributed by atoms with E-state index < -0.39 is 0 Å². The maximum absolute atomic E-state index is 12.6. The molecule has 2 heterocycles. The molecular weight excluding hydrogens is 280 g/mol. The van der Waals surface area contributed by atoms with Crippen molar-refractivity contribution in [3.8, 4) is 0 Å². The Balaban J connectivity index is 1.99. The molecule has 0 aliphatic carbocycles. The van der Waals surface area contributed by atoms with E-state index in [0.29, 0.717) is 0 Å². The number of carbonyl (C=O) groups is 1. The van der Waals surface area contributed by atoms with Gasteiger partial charge in [0.1, 0.15) is 0 Å².